The maximum Gasteiger partial charge on any atom is 1.00 e. The molecule has 3 heterocycles. The van der Waals surface area contributed by atoms with E-state index in [0.717, 1.165) is 0 Å². The standard InChI is InChI=1S/C10H15N5O10P2.3Na/c11-10-13-8-7(9(17)14-10)12-3-15(8)6-1-4(16)5(24-6)2-23-27(21,22)25-26(18,19)20;;;/h3-7,16H,1-2H2,(H,21,22)(H2,11,14,17)(H2,18,19,20);;;/q;3*+1/p-3/t4-,5+,6+,7?;;;/m0.../s1. The maximum atomic E-state index is 11.8. The largest absolute Gasteiger partial charge is 1.00 e. The van der Waals surface area contributed by atoms with E-state index in [1.165, 1.54) is 11.2 Å². The first kappa shape index (κ1) is 31.5. The second-order valence-electron chi connectivity index (χ2n) is 5.59. The molecule has 0 bridgehead atoms. The summed E-state index contributed by atoms with van der Waals surface area (Å²) in [5, 5.41) is 19.6. The average Bonchev–Trinajstić information content (AvgIpc) is 3.06. The van der Waals surface area contributed by atoms with Crippen molar-refractivity contribution in [2.45, 2.75) is 30.9 Å². The molecule has 0 spiro atoms. The van der Waals surface area contributed by atoms with Crippen LogP contribution >= 0.6 is 15.6 Å². The summed E-state index contributed by atoms with van der Waals surface area (Å²) in [7, 11) is -11.3. The van der Waals surface area contributed by atoms with Crippen molar-refractivity contribution in [3.8, 4) is 0 Å². The number of hydrogen-bond acceptors (Lipinski definition) is 13. The summed E-state index contributed by atoms with van der Waals surface area (Å²) < 4.78 is 34.6. The molecule has 0 aromatic rings. The molecule has 20 heteroatoms. The number of guanidine groups is 1. The third kappa shape index (κ3) is 8.05. The van der Waals surface area contributed by atoms with E-state index in [4.69, 9.17) is 10.1 Å². The number of nitrogens with zero attached hydrogens (tertiary/aromatic N) is 3. The Morgan fingerprint density at radius 2 is 1.97 bits per heavy atom. The van der Waals surface area contributed by atoms with Crippen LogP contribution in [0, 0.1) is 5.41 Å². The number of nitrogens with one attached hydrogen (secondary N) is 2. The fraction of sp³-hybridized carbons (Fsp3) is 0.600. The van der Waals surface area contributed by atoms with Gasteiger partial charge in [-0.1, -0.05) is 0 Å². The van der Waals surface area contributed by atoms with Crippen molar-refractivity contribution < 1.29 is 136 Å². The molecule has 0 radical (unpaired) electrons. The van der Waals surface area contributed by atoms with Gasteiger partial charge in [0.1, 0.15) is 12.3 Å². The van der Waals surface area contributed by atoms with E-state index in [1.807, 2.05) is 0 Å². The minimum atomic E-state index is -5.82. The van der Waals surface area contributed by atoms with Crippen LogP contribution in [0.15, 0.2) is 9.98 Å². The molecular weight excluding hydrogens is 481 g/mol. The van der Waals surface area contributed by atoms with Crippen molar-refractivity contribution >= 4 is 39.7 Å². The molecule has 150 valence electrons. The molecule has 5 atom stereocenters. The Hall–Kier alpha value is 1.46. The number of amidine groups is 1. The van der Waals surface area contributed by atoms with Crippen molar-refractivity contribution in [2.75, 3.05) is 6.61 Å². The zero-order valence-corrected chi connectivity index (χ0v) is 23.9. The summed E-state index contributed by atoms with van der Waals surface area (Å²) in [6.07, 6.45) is -2.19. The van der Waals surface area contributed by atoms with Gasteiger partial charge >= 0.3 is 88.7 Å². The Morgan fingerprint density at radius 1 is 1.33 bits per heavy atom. The van der Waals surface area contributed by atoms with Crippen molar-refractivity contribution in [2.24, 2.45) is 9.98 Å². The summed E-state index contributed by atoms with van der Waals surface area (Å²) in [5.74, 6) is -0.866. The van der Waals surface area contributed by atoms with E-state index < -0.39 is 58.6 Å². The van der Waals surface area contributed by atoms with Crippen molar-refractivity contribution in [3.63, 3.8) is 0 Å². The number of carbonyl (C=O) groups excluding carboxylic acids is 1. The molecule has 0 aliphatic carbocycles. The van der Waals surface area contributed by atoms with E-state index in [0.29, 0.717) is 0 Å². The molecule has 1 fully saturated rings. The summed E-state index contributed by atoms with van der Waals surface area (Å²) >= 11 is 0. The van der Waals surface area contributed by atoms with Crippen LogP contribution in [0.3, 0.4) is 0 Å². The summed E-state index contributed by atoms with van der Waals surface area (Å²) in [5.41, 5.74) is 0. The van der Waals surface area contributed by atoms with Crippen LogP contribution in [0.5, 0.6) is 0 Å². The second-order valence-corrected chi connectivity index (χ2v) is 8.29. The van der Waals surface area contributed by atoms with Crippen LogP contribution in [0.2, 0.25) is 0 Å². The molecule has 3 aliphatic rings. The quantitative estimate of drug-likeness (QED) is 0.232. The van der Waals surface area contributed by atoms with Gasteiger partial charge in [-0.05, 0) is 0 Å². The SMILES string of the molecule is N=C1N=C2C(N=CN2[C@H]2C[C@H](O)[C@@H](COP(=O)([O-])OP(=O)([O-])[O-])O2)C(=O)N1.[Na+].[Na+].[Na+]. The zero-order chi connectivity index (χ0) is 20.0. The van der Waals surface area contributed by atoms with Gasteiger partial charge < -0.3 is 33.6 Å². The van der Waals surface area contributed by atoms with Crippen LogP contribution in [0.4, 0.5) is 0 Å². The van der Waals surface area contributed by atoms with Crippen LogP contribution < -0.4 is 109 Å². The van der Waals surface area contributed by atoms with Gasteiger partial charge in [-0.25, -0.2) is 0 Å². The number of phosphoric ester groups is 1. The molecule has 2 unspecified atom stereocenters. The van der Waals surface area contributed by atoms with Crippen molar-refractivity contribution in [1.82, 2.24) is 10.2 Å². The predicted molar refractivity (Wildman–Crippen MR) is 79.0 cm³/mol. The molecule has 15 nitrogen and oxygen atoms in total. The topological polar surface area (TPSA) is 232 Å². The molecular formula is C10H12N5Na3O10P2. The van der Waals surface area contributed by atoms with E-state index in [1.54, 1.807) is 0 Å². The molecule has 3 N–H and O–H groups in total. The first-order valence-electron chi connectivity index (χ1n) is 7.27. The number of amides is 1. The number of ether oxygens (including phenoxy) is 1. The minimum absolute atomic E-state index is 0. The molecule has 0 saturated carbocycles. The third-order valence-electron chi connectivity index (χ3n) is 3.68. The first-order valence-corrected chi connectivity index (χ1v) is 10.2. The number of fused-ring (bicyclic) bond motifs is 1. The number of aliphatic hydroxyl groups excluding tert-OH is 1. The van der Waals surface area contributed by atoms with Crippen molar-refractivity contribution in [1.29, 1.82) is 5.41 Å². The van der Waals surface area contributed by atoms with Crippen LogP contribution in [0.1, 0.15) is 6.42 Å². The number of rotatable bonds is 6. The summed E-state index contributed by atoms with van der Waals surface area (Å²) in [4.78, 5) is 52.8. The van der Waals surface area contributed by atoms with Crippen LogP contribution in [0.25, 0.3) is 0 Å². The molecule has 0 aromatic heterocycles. The Kier molecular flexibility index (Phi) is 12.8. The van der Waals surface area contributed by atoms with E-state index in [9.17, 15) is 33.7 Å². The van der Waals surface area contributed by atoms with Gasteiger partial charge in [-0.15, -0.1) is 0 Å². The van der Waals surface area contributed by atoms with E-state index in [2.05, 4.69) is 24.1 Å². The van der Waals surface area contributed by atoms with Gasteiger partial charge in [0.05, 0.1) is 26.9 Å². The number of carbonyl (C=O) groups is 1. The number of phosphoric acid groups is 2. The van der Waals surface area contributed by atoms with Crippen LogP contribution in [-0.2, 0) is 27.5 Å². The molecule has 3 rings (SSSR count). The molecule has 30 heavy (non-hydrogen) atoms. The zero-order valence-electron chi connectivity index (χ0n) is 16.2. The monoisotopic (exact) mass is 493 g/mol. The fourth-order valence-electron chi connectivity index (χ4n) is 2.61. The molecule has 0 aromatic carbocycles. The second kappa shape index (κ2) is 12.2. The Labute approximate surface area is 236 Å². The Balaban J connectivity index is 0.00000280. The van der Waals surface area contributed by atoms with Gasteiger partial charge in [-0.3, -0.25) is 34.3 Å². The van der Waals surface area contributed by atoms with Gasteiger partial charge in [0.2, 0.25) is 5.96 Å². The van der Waals surface area contributed by atoms with Crippen molar-refractivity contribution in [3.05, 3.63) is 0 Å². The number of aliphatic imine (C=N–C) groups is 2. The molecule has 1 saturated heterocycles. The maximum absolute atomic E-state index is 11.8. The predicted octanol–water partition coefficient (Wildman–Crippen LogP) is -13.0. The fourth-order valence-corrected chi connectivity index (χ4v) is 4.10. The summed E-state index contributed by atoms with van der Waals surface area (Å²) in [6.45, 7) is -0.824. The smallest absolute Gasteiger partial charge is 0.790 e. The average molecular weight is 493 g/mol. The normalized spacial score (nSPS) is 29.6. The molecule has 3 aliphatic heterocycles. The minimum Gasteiger partial charge on any atom is -0.790 e. The van der Waals surface area contributed by atoms with E-state index >= 15 is 0 Å². The number of aliphatic hydroxyl groups is 1. The van der Waals surface area contributed by atoms with Crippen LogP contribution in [-0.4, -0.2) is 65.1 Å². The van der Waals surface area contributed by atoms with Gasteiger partial charge in [-0.2, -0.15) is 4.99 Å². The summed E-state index contributed by atoms with van der Waals surface area (Å²) in [6, 6.07) is -0.978. The van der Waals surface area contributed by atoms with E-state index in [-0.39, 0.29) is 101 Å². The third-order valence-corrected chi connectivity index (χ3v) is 5.74. The Morgan fingerprint density at radius 3 is 2.57 bits per heavy atom. The van der Waals surface area contributed by atoms with Gasteiger partial charge in [0.25, 0.3) is 13.7 Å². The van der Waals surface area contributed by atoms with Gasteiger partial charge in [0, 0.05) is 6.42 Å². The van der Waals surface area contributed by atoms with Gasteiger partial charge in [0.15, 0.2) is 11.9 Å². The Bertz CT molecular complexity index is 824. The first-order chi connectivity index (χ1) is 12.5. The number of hydrogen-bond donors (Lipinski definition) is 3. The molecule has 1 amide bonds.